The van der Waals surface area contributed by atoms with Crippen LogP contribution in [0.5, 0.6) is 0 Å². The molecule has 2 rings (SSSR count). The standard InChI is InChI=1S/C13H18N2O4S/c16-13(17)11-3-1-10(2-4-11)9-20(18,19)15-12-5-7-14-8-6-12/h1-4,12,14-15H,5-9H2,(H,16,17). The SMILES string of the molecule is O=C(O)c1ccc(CS(=O)(=O)NC2CCNCC2)cc1. The van der Waals surface area contributed by atoms with Gasteiger partial charge in [-0.05, 0) is 43.6 Å². The van der Waals surface area contributed by atoms with Crippen LogP contribution >= 0.6 is 0 Å². The van der Waals surface area contributed by atoms with Gasteiger partial charge in [0.1, 0.15) is 0 Å². The predicted octanol–water partition coefficient (Wildman–Crippen LogP) is 0.556. The molecule has 1 saturated heterocycles. The number of sulfonamides is 1. The summed E-state index contributed by atoms with van der Waals surface area (Å²) < 4.78 is 26.8. The number of hydrogen-bond donors (Lipinski definition) is 3. The smallest absolute Gasteiger partial charge is 0.335 e. The van der Waals surface area contributed by atoms with E-state index in [-0.39, 0.29) is 17.4 Å². The van der Waals surface area contributed by atoms with Crippen molar-refractivity contribution in [2.45, 2.75) is 24.6 Å². The van der Waals surface area contributed by atoms with Crippen LogP contribution in [0.1, 0.15) is 28.8 Å². The highest BCUT2D eigenvalue weighted by atomic mass is 32.2. The van der Waals surface area contributed by atoms with E-state index < -0.39 is 16.0 Å². The summed E-state index contributed by atoms with van der Waals surface area (Å²) in [5, 5.41) is 12.0. The molecule has 0 unspecified atom stereocenters. The van der Waals surface area contributed by atoms with Crippen LogP contribution in [-0.2, 0) is 15.8 Å². The third-order valence-electron chi connectivity index (χ3n) is 3.24. The molecule has 6 nitrogen and oxygen atoms in total. The number of benzene rings is 1. The van der Waals surface area contributed by atoms with Crippen molar-refractivity contribution in [3.05, 3.63) is 35.4 Å². The maximum atomic E-state index is 12.0. The predicted molar refractivity (Wildman–Crippen MR) is 75.1 cm³/mol. The van der Waals surface area contributed by atoms with Gasteiger partial charge < -0.3 is 10.4 Å². The zero-order valence-corrected chi connectivity index (χ0v) is 11.8. The van der Waals surface area contributed by atoms with Gasteiger partial charge in [0.15, 0.2) is 0 Å². The molecule has 0 saturated carbocycles. The van der Waals surface area contributed by atoms with Gasteiger partial charge in [-0.3, -0.25) is 0 Å². The Kier molecular flexibility index (Phi) is 4.74. The van der Waals surface area contributed by atoms with E-state index in [9.17, 15) is 13.2 Å². The molecular weight excluding hydrogens is 280 g/mol. The fraction of sp³-hybridized carbons (Fsp3) is 0.462. The van der Waals surface area contributed by atoms with E-state index in [1.807, 2.05) is 0 Å². The van der Waals surface area contributed by atoms with Crippen molar-refractivity contribution >= 4 is 16.0 Å². The first-order chi connectivity index (χ1) is 9.46. The number of aromatic carboxylic acids is 1. The fourth-order valence-corrected chi connectivity index (χ4v) is 3.66. The second-order valence-electron chi connectivity index (χ2n) is 4.90. The van der Waals surface area contributed by atoms with Crippen molar-refractivity contribution in [1.29, 1.82) is 0 Å². The summed E-state index contributed by atoms with van der Waals surface area (Å²) in [6.45, 7) is 1.64. The van der Waals surface area contributed by atoms with Gasteiger partial charge in [0.05, 0.1) is 11.3 Å². The molecule has 0 aromatic heterocycles. The number of rotatable bonds is 5. The number of carbonyl (C=O) groups is 1. The van der Waals surface area contributed by atoms with E-state index in [2.05, 4.69) is 10.0 Å². The summed E-state index contributed by atoms with van der Waals surface area (Å²) in [6.07, 6.45) is 1.58. The van der Waals surface area contributed by atoms with Crippen molar-refractivity contribution in [1.82, 2.24) is 10.0 Å². The van der Waals surface area contributed by atoms with Gasteiger partial charge in [-0.15, -0.1) is 0 Å². The fourth-order valence-electron chi connectivity index (χ4n) is 2.20. The molecule has 1 aliphatic rings. The van der Waals surface area contributed by atoms with Crippen LogP contribution in [-0.4, -0.2) is 38.6 Å². The monoisotopic (exact) mass is 298 g/mol. The normalized spacial score (nSPS) is 17.0. The Morgan fingerprint density at radius 2 is 1.85 bits per heavy atom. The molecule has 0 amide bonds. The second kappa shape index (κ2) is 6.34. The molecule has 1 aromatic rings. The molecular formula is C13H18N2O4S. The van der Waals surface area contributed by atoms with E-state index in [0.29, 0.717) is 5.56 Å². The average molecular weight is 298 g/mol. The molecule has 0 radical (unpaired) electrons. The molecule has 20 heavy (non-hydrogen) atoms. The Hall–Kier alpha value is -1.44. The first kappa shape index (κ1) is 15.0. The highest BCUT2D eigenvalue weighted by molar-refractivity contribution is 7.88. The molecule has 7 heteroatoms. The van der Waals surface area contributed by atoms with Crippen molar-refractivity contribution in [3.8, 4) is 0 Å². The average Bonchev–Trinajstić information content (AvgIpc) is 2.39. The van der Waals surface area contributed by atoms with Gasteiger partial charge in [-0.1, -0.05) is 12.1 Å². The van der Waals surface area contributed by atoms with Gasteiger partial charge >= 0.3 is 5.97 Å². The van der Waals surface area contributed by atoms with Crippen LogP contribution in [0.25, 0.3) is 0 Å². The molecule has 3 N–H and O–H groups in total. The highest BCUT2D eigenvalue weighted by Crippen LogP contribution is 2.10. The number of carboxylic acid groups (broad SMARTS) is 1. The Morgan fingerprint density at radius 1 is 1.25 bits per heavy atom. The maximum Gasteiger partial charge on any atom is 0.335 e. The van der Waals surface area contributed by atoms with Gasteiger partial charge in [0, 0.05) is 6.04 Å². The van der Waals surface area contributed by atoms with E-state index in [0.717, 1.165) is 25.9 Å². The van der Waals surface area contributed by atoms with Crippen LogP contribution < -0.4 is 10.0 Å². The molecule has 0 spiro atoms. The Balaban J connectivity index is 1.98. The lowest BCUT2D eigenvalue weighted by molar-refractivity contribution is 0.0697. The topological polar surface area (TPSA) is 95.5 Å². The molecule has 110 valence electrons. The zero-order chi connectivity index (χ0) is 14.6. The Bertz CT molecular complexity index is 563. The summed E-state index contributed by atoms with van der Waals surface area (Å²) in [6, 6.07) is 5.88. The number of hydrogen-bond acceptors (Lipinski definition) is 4. The van der Waals surface area contributed by atoms with E-state index >= 15 is 0 Å². The summed E-state index contributed by atoms with van der Waals surface area (Å²) in [5.74, 6) is -1.15. The van der Waals surface area contributed by atoms with Crippen LogP contribution in [0, 0.1) is 0 Å². The van der Waals surface area contributed by atoms with Crippen LogP contribution in [0.2, 0.25) is 0 Å². The van der Waals surface area contributed by atoms with Crippen LogP contribution in [0.4, 0.5) is 0 Å². The quantitative estimate of drug-likeness (QED) is 0.738. The van der Waals surface area contributed by atoms with Crippen LogP contribution in [0.3, 0.4) is 0 Å². The van der Waals surface area contributed by atoms with Crippen molar-refractivity contribution < 1.29 is 18.3 Å². The first-order valence-corrected chi connectivity index (χ1v) is 8.14. The van der Waals surface area contributed by atoms with E-state index in [4.69, 9.17) is 5.11 Å². The largest absolute Gasteiger partial charge is 0.478 e. The number of piperidine rings is 1. The van der Waals surface area contributed by atoms with E-state index in [1.165, 1.54) is 24.3 Å². The summed E-state index contributed by atoms with van der Waals surface area (Å²) in [7, 11) is -3.39. The van der Waals surface area contributed by atoms with Gasteiger partial charge in [-0.2, -0.15) is 0 Å². The van der Waals surface area contributed by atoms with E-state index in [1.54, 1.807) is 0 Å². The minimum absolute atomic E-state index is 0.0143. The third kappa shape index (κ3) is 4.29. The number of carboxylic acids is 1. The lowest BCUT2D eigenvalue weighted by atomic mass is 10.1. The van der Waals surface area contributed by atoms with Crippen molar-refractivity contribution in [2.75, 3.05) is 13.1 Å². The highest BCUT2D eigenvalue weighted by Gasteiger charge is 2.20. The van der Waals surface area contributed by atoms with Gasteiger partial charge in [0.2, 0.25) is 10.0 Å². The molecule has 1 aliphatic heterocycles. The molecule has 0 atom stereocenters. The molecule has 0 bridgehead atoms. The zero-order valence-electron chi connectivity index (χ0n) is 11.0. The lowest BCUT2D eigenvalue weighted by Gasteiger charge is -2.23. The lowest BCUT2D eigenvalue weighted by Crippen LogP contribution is -2.43. The minimum atomic E-state index is -3.39. The molecule has 1 aromatic carbocycles. The summed E-state index contributed by atoms with van der Waals surface area (Å²) in [5.41, 5.74) is 0.730. The van der Waals surface area contributed by atoms with Crippen molar-refractivity contribution in [3.63, 3.8) is 0 Å². The molecule has 0 aliphatic carbocycles. The van der Waals surface area contributed by atoms with Crippen molar-refractivity contribution in [2.24, 2.45) is 0 Å². The Labute approximate surface area is 118 Å². The molecule has 1 heterocycles. The summed E-state index contributed by atoms with van der Waals surface area (Å²) >= 11 is 0. The minimum Gasteiger partial charge on any atom is -0.478 e. The maximum absolute atomic E-state index is 12.0. The number of nitrogens with one attached hydrogen (secondary N) is 2. The van der Waals surface area contributed by atoms with Gasteiger partial charge in [-0.25, -0.2) is 17.9 Å². The Morgan fingerprint density at radius 3 is 2.40 bits per heavy atom. The molecule has 1 fully saturated rings. The summed E-state index contributed by atoms with van der Waals surface area (Å²) in [4.78, 5) is 10.7. The van der Waals surface area contributed by atoms with Gasteiger partial charge in [0.25, 0.3) is 0 Å². The van der Waals surface area contributed by atoms with Crippen LogP contribution in [0.15, 0.2) is 24.3 Å². The second-order valence-corrected chi connectivity index (χ2v) is 6.66. The first-order valence-electron chi connectivity index (χ1n) is 6.49. The third-order valence-corrected chi connectivity index (χ3v) is 4.65.